The molecule has 2 aromatic rings. The van der Waals surface area contributed by atoms with Gasteiger partial charge in [0.15, 0.2) is 0 Å². The number of carbonyl (C=O) groups excluding carboxylic acids is 1. The lowest BCUT2D eigenvalue weighted by Gasteiger charge is -2.14. The van der Waals surface area contributed by atoms with Gasteiger partial charge in [0, 0.05) is 0 Å². The highest BCUT2D eigenvalue weighted by molar-refractivity contribution is 5.79. The van der Waals surface area contributed by atoms with Crippen molar-refractivity contribution in [3.63, 3.8) is 0 Å². The maximum atomic E-state index is 12.0. The quantitative estimate of drug-likeness (QED) is 0.888. The fraction of sp³-hybridized carbons (Fsp3) is 0.235. The van der Waals surface area contributed by atoms with Gasteiger partial charge in [0.25, 0.3) is 0 Å². The minimum absolute atomic E-state index is 0.0409. The predicted octanol–water partition coefficient (Wildman–Crippen LogP) is 3.41. The molecular formula is C17H19NO. The number of carbonyl (C=O) groups is 1. The topological polar surface area (TPSA) is 29.1 Å². The highest BCUT2D eigenvalue weighted by Gasteiger charge is 2.09. The van der Waals surface area contributed by atoms with E-state index in [-0.39, 0.29) is 11.9 Å². The molecule has 0 aliphatic rings. The van der Waals surface area contributed by atoms with Crippen LogP contribution in [0.1, 0.15) is 29.7 Å². The van der Waals surface area contributed by atoms with E-state index in [9.17, 15) is 4.79 Å². The van der Waals surface area contributed by atoms with Crippen LogP contribution >= 0.6 is 0 Å². The van der Waals surface area contributed by atoms with Gasteiger partial charge in [-0.3, -0.25) is 4.79 Å². The van der Waals surface area contributed by atoms with Gasteiger partial charge in [0.1, 0.15) is 0 Å². The SMILES string of the molecule is Cc1ccc(CC(=O)N[C@@H](C)c2ccccc2)cc1. The number of aryl methyl sites for hydroxylation is 1. The van der Waals surface area contributed by atoms with E-state index in [4.69, 9.17) is 0 Å². The fourth-order valence-electron chi connectivity index (χ4n) is 2.01. The Balaban J connectivity index is 1.93. The van der Waals surface area contributed by atoms with Gasteiger partial charge in [-0.15, -0.1) is 0 Å². The summed E-state index contributed by atoms with van der Waals surface area (Å²) < 4.78 is 0. The van der Waals surface area contributed by atoms with Gasteiger partial charge in [0.2, 0.25) is 5.91 Å². The molecule has 0 aromatic heterocycles. The summed E-state index contributed by atoms with van der Waals surface area (Å²) in [6.07, 6.45) is 0.428. The Morgan fingerprint density at radius 3 is 2.32 bits per heavy atom. The van der Waals surface area contributed by atoms with Gasteiger partial charge in [-0.1, -0.05) is 60.2 Å². The molecule has 0 bridgehead atoms. The van der Waals surface area contributed by atoms with Crippen LogP contribution in [0.4, 0.5) is 0 Å². The first-order chi connectivity index (χ1) is 9.15. The van der Waals surface area contributed by atoms with Crippen molar-refractivity contribution in [3.8, 4) is 0 Å². The lowest BCUT2D eigenvalue weighted by molar-refractivity contribution is -0.121. The first-order valence-electron chi connectivity index (χ1n) is 6.55. The molecule has 0 fully saturated rings. The predicted molar refractivity (Wildman–Crippen MR) is 77.9 cm³/mol. The average molecular weight is 253 g/mol. The van der Waals surface area contributed by atoms with E-state index in [0.29, 0.717) is 6.42 Å². The minimum atomic E-state index is 0.0409. The molecule has 1 atom stereocenters. The maximum absolute atomic E-state index is 12.0. The van der Waals surface area contributed by atoms with Crippen LogP contribution in [0.5, 0.6) is 0 Å². The third-order valence-electron chi connectivity index (χ3n) is 3.16. The van der Waals surface area contributed by atoms with E-state index in [1.807, 2.05) is 68.4 Å². The molecule has 2 rings (SSSR count). The van der Waals surface area contributed by atoms with Crippen LogP contribution < -0.4 is 5.32 Å². The zero-order valence-electron chi connectivity index (χ0n) is 11.4. The molecule has 1 amide bonds. The average Bonchev–Trinajstić information content (AvgIpc) is 2.42. The first kappa shape index (κ1) is 13.3. The van der Waals surface area contributed by atoms with Crippen molar-refractivity contribution >= 4 is 5.91 Å². The van der Waals surface area contributed by atoms with Crippen LogP contribution in [0.3, 0.4) is 0 Å². The molecule has 2 aromatic carbocycles. The van der Waals surface area contributed by atoms with Crippen LogP contribution in [0.15, 0.2) is 54.6 Å². The Morgan fingerprint density at radius 1 is 1.05 bits per heavy atom. The highest BCUT2D eigenvalue weighted by Crippen LogP contribution is 2.11. The summed E-state index contributed by atoms with van der Waals surface area (Å²) in [5.41, 5.74) is 3.38. The van der Waals surface area contributed by atoms with Crippen LogP contribution in [-0.4, -0.2) is 5.91 Å². The molecule has 0 saturated carbocycles. The number of rotatable bonds is 4. The van der Waals surface area contributed by atoms with Crippen molar-refractivity contribution in [1.29, 1.82) is 0 Å². The Kier molecular flexibility index (Phi) is 4.35. The zero-order chi connectivity index (χ0) is 13.7. The Bertz CT molecular complexity index is 531. The summed E-state index contributed by atoms with van der Waals surface area (Å²) in [6.45, 7) is 4.05. The van der Waals surface area contributed by atoms with Gasteiger partial charge in [-0.25, -0.2) is 0 Å². The zero-order valence-corrected chi connectivity index (χ0v) is 11.4. The summed E-state index contributed by atoms with van der Waals surface area (Å²) >= 11 is 0. The minimum Gasteiger partial charge on any atom is -0.349 e. The van der Waals surface area contributed by atoms with E-state index in [1.54, 1.807) is 0 Å². The van der Waals surface area contributed by atoms with Gasteiger partial charge >= 0.3 is 0 Å². The van der Waals surface area contributed by atoms with Crippen LogP contribution in [0.2, 0.25) is 0 Å². The van der Waals surface area contributed by atoms with Crippen LogP contribution in [-0.2, 0) is 11.2 Å². The molecule has 0 saturated heterocycles. The molecule has 0 heterocycles. The van der Waals surface area contributed by atoms with Gasteiger partial charge in [-0.2, -0.15) is 0 Å². The largest absolute Gasteiger partial charge is 0.349 e. The number of hydrogen-bond donors (Lipinski definition) is 1. The Labute approximate surface area is 114 Å². The van der Waals surface area contributed by atoms with E-state index >= 15 is 0 Å². The summed E-state index contributed by atoms with van der Waals surface area (Å²) in [7, 11) is 0. The van der Waals surface area contributed by atoms with Gasteiger partial charge in [-0.05, 0) is 25.0 Å². The second kappa shape index (κ2) is 6.19. The first-order valence-corrected chi connectivity index (χ1v) is 6.55. The Morgan fingerprint density at radius 2 is 1.68 bits per heavy atom. The number of nitrogens with one attached hydrogen (secondary N) is 1. The summed E-state index contributed by atoms with van der Waals surface area (Å²) in [5, 5.41) is 3.02. The fourth-order valence-corrected chi connectivity index (χ4v) is 2.01. The number of amides is 1. The molecule has 19 heavy (non-hydrogen) atoms. The molecule has 0 aliphatic carbocycles. The molecule has 0 spiro atoms. The molecule has 98 valence electrons. The second-order valence-electron chi connectivity index (χ2n) is 4.86. The van der Waals surface area contributed by atoms with E-state index < -0.39 is 0 Å². The van der Waals surface area contributed by atoms with Gasteiger partial charge < -0.3 is 5.32 Å². The van der Waals surface area contributed by atoms with E-state index in [0.717, 1.165) is 11.1 Å². The van der Waals surface area contributed by atoms with Crippen molar-refractivity contribution < 1.29 is 4.79 Å². The highest BCUT2D eigenvalue weighted by atomic mass is 16.1. The van der Waals surface area contributed by atoms with Crippen molar-refractivity contribution in [2.24, 2.45) is 0 Å². The van der Waals surface area contributed by atoms with E-state index in [1.165, 1.54) is 5.56 Å². The standard InChI is InChI=1S/C17H19NO/c1-13-8-10-15(11-9-13)12-17(19)18-14(2)16-6-4-3-5-7-16/h3-11,14H,12H2,1-2H3,(H,18,19)/t14-/m0/s1. The maximum Gasteiger partial charge on any atom is 0.224 e. The van der Waals surface area contributed by atoms with Crippen molar-refractivity contribution in [1.82, 2.24) is 5.32 Å². The number of benzene rings is 2. The lowest BCUT2D eigenvalue weighted by Crippen LogP contribution is -2.28. The third kappa shape index (κ3) is 3.95. The van der Waals surface area contributed by atoms with Crippen molar-refractivity contribution in [3.05, 3.63) is 71.3 Å². The molecule has 2 heteroatoms. The van der Waals surface area contributed by atoms with E-state index in [2.05, 4.69) is 5.32 Å². The lowest BCUT2D eigenvalue weighted by atomic mass is 10.1. The number of hydrogen-bond acceptors (Lipinski definition) is 1. The van der Waals surface area contributed by atoms with Crippen molar-refractivity contribution in [2.75, 3.05) is 0 Å². The monoisotopic (exact) mass is 253 g/mol. The summed E-state index contributed by atoms with van der Waals surface area (Å²) in [5.74, 6) is 0.0557. The molecular weight excluding hydrogens is 234 g/mol. The summed E-state index contributed by atoms with van der Waals surface area (Å²) in [4.78, 5) is 12.0. The smallest absolute Gasteiger partial charge is 0.224 e. The Hall–Kier alpha value is -2.09. The van der Waals surface area contributed by atoms with Crippen molar-refractivity contribution in [2.45, 2.75) is 26.3 Å². The molecule has 1 N–H and O–H groups in total. The van der Waals surface area contributed by atoms with Crippen LogP contribution in [0, 0.1) is 6.92 Å². The van der Waals surface area contributed by atoms with Gasteiger partial charge in [0.05, 0.1) is 12.5 Å². The third-order valence-corrected chi connectivity index (χ3v) is 3.16. The normalized spacial score (nSPS) is 11.9. The molecule has 0 unspecified atom stereocenters. The summed E-state index contributed by atoms with van der Waals surface area (Å²) in [6, 6.07) is 18.1. The molecule has 0 radical (unpaired) electrons. The molecule has 0 aliphatic heterocycles. The van der Waals surface area contributed by atoms with Crippen LogP contribution in [0.25, 0.3) is 0 Å². The molecule has 2 nitrogen and oxygen atoms in total. The second-order valence-corrected chi connectivity index (χ2v) is 4.86.